The fourth-order valence-corrected chi connectivity index (χ4v) is 1.48. The van der Waals surface area contributed by atoms with Gasteiger partial charge in [0.1, 0.15) is 11.6 Å². The van der Waals surface area contributed by atoms with Crippen LogP contribution in [0.1, 0.15) is 13.3 Å². The van der Waals surface area contributed by atoms with Gasteiger partial charge < -0.3 is 15.8 Å². The molecule has 6 heteroatoms. The van der Waals surface area contributed by atoms with Gasteiger partial charge in [-0.05, 0) is 6.07 Å². The summed E-state index contributed by atoms with van der Waals surface area (Å²) < 4.78 is 5.50. The fourth-order valence-electron chi connectivity index (χ4n) is 1.48. The highest BCUT2D eigenvalue weighted by Gasteiger charge is 2.19. The second-order valence-corrected chi connectivity index (χ2v) is 3.36. The first-order valence-corrected chi connectivity index (χ1v) is 4.83. The van der Waals surface area contributed by atoms with Gasteiger partial charge in [-0.1, -0.05) is 6.92 Å². The van der Waals surface area contributed by atoms with Gasteiger partial charge in [-0.25, -0.2) is 0 Å². The molecule has 0 fully saturated rings. The summed E-state index contributed by atoms with van der Waals surface area (Å²) in [6.45, 7) is 1.92. The Labute approximate surface area is 91.9 Å². The van der Waals surface area contributed by atoms with Crippen molar-refractivity contribution in [2.75, 3.05) is 5.32 Å². The van der Waals surface area contributed by atoms with Crippen molar-refractivity contribution in [2.45, 2.75) is 13.3 Å². The van der Waals surface area contributed by atoms with E-state index in [0.29, 0.717) is 29.4 Å². The molecule has 0 saturated carbocycles. The Morgan fingerprint density at radius 3 is 2.94 bits per heavy atom. The highest BCUT2D eigenvalue weighted by atomic mass is 16.6. The molecule has 0 spiro atoms. The quantitative estimate of drug-likeness (QED) is 0.588. The third-order valence-corrected chi connectivity index (χ3v) is 2.30. The largest absolute Gasteiger partial charge is 0.456 e. The van der Waals surface area contributed by atoms with E-state index in [1.54, 1.807) is 6.07 Å². The lowest BCUT2D eigenvalue weighted by Gasteiger charge is -2.21. The summed E-state index contributed by atoms with van der Waals surface area (Å²) in [4.78, 5) is 10.1. The zero-order valence-corrected chi connectivity index (χ0v) is 8.69. The third-order valence-electron chi connectivity index (χ3n) is 2.30. The summed E-state index contributed by atoms with van der Waals surface area (Å²) in [5.41, 5.74) is 6.22. The minimum absolute atomic E-state index is 0.00241. The maximum absolute atomic E-state index is 10.6. The fraction of sp³-hybridized carbons (Fsp3) is 0.200. The van der Waals surface area contributed by atoms with Crippen LogP contribution in [0.5, 0.6) is 5.75 Å². The number of non-ortho nitro benzene ring substituents is 1. The van der Waals surface area contributed by atoms with Crippen molar-refractivity contribution >= 4 is 11.4 Å². The Kier molecular flexibility index (Phi) is 2.40. The number of hydrogen-bond donors (Lipinski definition) is 2. The molecule has 1 aliphatic rings. The summed E-state index contributed by atoms with van der Waals surface area (Å²) >= 11 is 0. The van der Waals surface area contributed by atoms with Crippen LogP contribution >= 0.6 is 0 Å². The van der Waals surface area contributed by atoms with Crippen LogP contribution in [0.2, 0.25) is 0 Å². The summed E-state index contributed by atoms with van der Waals surface area (Å²) in [5, 5.41) is 13.5. The normalized spacial score (nSPS) is 13.8. The van der Waals surface area contributed by atoms with E-state index in [0.717, 1.165) is 0 Å². The molecular weight excluding hydrogens is 210 g/mol. The number of anilines is 1. The predicted molar refractivity (Wildman–Crippen MR) is 58.9 cm³/mol. The number of rotatable bonds is 2. The summed E-state index contributed by atoms with van der Waals surface area (Å²) in [5.74, 6) is 1.59. The van der Waals surface area contributed by atoms with Crippen LogP contribution in [0.3, 0.4) is 0 Å². The maximum atomic E-state index is 10.6. The first-order valence-electron chi connectivity index (χ1n) is 4.83. The van der Waals surface area contributed by atoms with E-state index in [4.69, 9.17) is 10.5 Å². The minimum atomic E-state index is -0.461. The van der Waals surface area contributed by atoms with E-state index in [1.807, 2.05) is 6.92 Å². The highest BCUT2D eigenvalue weighted by molar-refractivity contribution is 5.66. The summed E-state index contributed by atoms with van der Waals surface area (Å²) in [6.07, 6.45) is 0.662. The smallest absolute Gasteiger partial charge is 0.271 e. The molecule has 0 aromatic heterocycles. The number of nitro benzene ring substituents is 1. The van der Waals surface area contributed by atoms with Crippen LogP contribution < -0.4 is 15.8 Å². The lowest BCUT2D eigenvalue weighted by atomic mass is 10.2. The van der Waals surface area contributed by atoms with E-state index in [9.17, 15) is 10.1 Å². The Balaban J connectivity index is 2.38. The monoisotopic (exact) mass is 221 g/mol. The topological polar surface area (TPSA) is 90.4 Å². The van der Waals surface area contributed by atoms with Crippen LogP contribution in [-0.2, 0) is 0 Å². The lowest BCUT2D eigenvalue weighted by molar-refractivity contribution is -0.384. The van der Waals surface area contributed by atoms with E-state index in [-0.39, 0.29) is 5.69 Å². The van der Waals surface area contributed by atoms with Crippen molar-refractivity contribution in [3.05, 3.63) is 39.9 Å². The first kappa shape index (κ1) is 10.3. The molecule has 84 valence electrons. The number of benzene rings is 1. The van der Waals surface area contributed by atoms with Crippen molar-refractivity contribution in [3.63, 3.8) is 0 Å². The van der Waals surface area contributed by atoms with Gasteiger partial charge in [0.15, 0.2) is 5.75 Å². The number of nitro groups is 1. The Morgan fingerprint density at radius 1 is 1.56 bits per heavy atom. The van der Waals surface area contributed by atoms with E-state index >= 15 is 0 Å². The molecule has 0 aliphatic carbocycles. The molecule has 3 N–H and O–H groups in total. The Hall–Kier alpha value is -2.24. The van der Waals surface area contributed by atoms with Crippen LogP contribution in [-0.4, -0.2) is 4.92 Å². The van der Waals surface area contributed by atoms with Gasteiger partial charge in [0, 0.05) is 18.6 Å². The van der Waals surface area contributed by atoms with Crippen molar-refractivity contribution in [3.8, 4) is 5.75 Å². The van der Waals surface area contributed by atoms with Gasteiger partial charge >= 0.3 is 0 Å². The van der Waals surface area contributed by atoms with Gasteiger partial charge in [0.25, 0.3) is 5.69 Å². The second-order valence-electron chi connectivity index (χ2n) is 3.36. The number of hydrogen-bond acceptors (Lipinski definition) is 5. The van der Waals surface area contributed by atoms with Gasteiger partial charge in [0.05, 0.1) is 10.6 Å². The standard InChI is InChI=1S/C10H11N3O3/c1-2-8-10(11)12-7-5-6(13(14)15)3-4-9(7)16-8/h3-5,12H,2,11H2,1H3. The average Bonchev–Trinajstić information content (AvgIpc) is 2.27. The Morgan fingerprint density at radius 2 is 2.31 bits per heavy atom. The number of nitrogens with zero attached hydrogens (tertiary/aromatic N) is 1. The molecule has 1 aromatic rings. The molecule has 6 nitrogen and oxygen atoms in total. The molecule has 0 amide bonds. The van der Waals surface area contributed by atoms with Crippen molar-refractivity contribution in [1.29, 1.82) is 0 Å². The van der Waals surface area contributed by atoms with Crippen LogP contribution in [0.15, 0.2) is 29.8 Å². The van der Waals surface area contributed by atoms with Crippen molar-refractivity contribution in [2.24, 2.45) is 5.73 Å². The van der Waals surface area contributed by atoms with Gasteiger partial charge in [-0.15, -0.1) is 0 Å². The number of fused-ring (bicyclic) bond motifs is 1. The molecule has 0 saturated heterocycles. The third kappa shape index (κ3) is 1.65. The molecule has 0 unspecified atom stereocenters. The highest BCUT2D eigenvalue weighted by Crippen LogP contribution is 2.34. The zero-order chi connectivity index (χ0) is 11.7. The van der Waals surface area contributed by atoms with Gasteiger partial charge in [0.2, 0.25) is 0 Å². The molecule has 16 heavy (non-hydrogen) atoms. The number of nitrogens with two attached hydrogens (primary N) is 1. The molecular formula is C10H11N3O3. The van der Waals surface area contributed by atoms with Crippen molar-refractivity contribution in [1.82, 2.24) is 0 Å². The maximum Gasteiger partial charge on any atom is 0.271 e. The summed E-state index contributed by atoms with van der Waals surface area (Å²) in [7, 11) is 0. The van der Waals surface area contributed by atoms with Gasteiger partial charge in [-0.2, -0.15) is 0 Å². The van der Waals surface area contributed by atoms with Crippen molar-refractivity contribution < 1.29 is 9.66 Å². The SMILES string of the molecule is CCC1=C(N)Nc2cc([N+](=O)[O-])ccc2O1. The van der Waals surface area contributed by atoms with E-state index in [1.165, 1.54) is 12.1 Å². The predicted octanol–water partition coefficient (Wildman–Crippen LogP) is 1.94. The molecule has 1 aromatic carbocycles. The number of nitrogens with one attached hydrogen (secondary N) is 1. The molecule has 1 heterocycles. The first-order chi connectivity index (χ1) is 7.61. The van der Waals surface area contributed by atoms with Gasteiger partial charge in [-0.3, -0.25) is 10.1 Å². The Bertz CT molecular complexity index is 482. The summed E-state index contributed by atoms with van der Waals surface area (Å²) in [6, 6.07) is 4.35. The van der Waals surface area contributed by atoms with E-state index < -0.39 is 4.92 Å². The zero-order valence-electron chi connectivity index (χ0n) is 8.69. The van der Waals surface area contributed by atoms with Crippen LogP contribution in [0, 0.1) is 10.1 Å². The molecule has 0 bridgehead atoms. The molecule has 0 radical (unpaired) electrons. The minimum Gasteiger partial charge on any atom is -0.456 e. The molecule has 0 atom stereocenters. The molecule has 2 rings (SSSR count). The number of allylic oxidation sites excluding steroid dienone is 1. The second kappa shape index (κ2) is 3.73. The number of ether oxygens (including phenoxy) is 1. The average molecular weight is 221 g/mol. The lowest BCUT2D eigenvalue weighted by Crippen LogP contribution is -2.20. The van der Waals surface area contributed by atoms with Crippen LogP contribution in [0.25, 0.3) is 0 Å². The molecule has 1 aliphatic heterocycles. The van der Waals surface area contributed by atoms with Crippen LogP contribution in [0.4, 0.5) is 11.4 Å². The van der Waals surface area contributed by atoms with E-state index in [2.05, 4.69) is 5.32 Å².